The van der Waals surface area contributed by atoms with Crippen LogP contribution < -0.4 is 5.46 Å². The smallest absolute Gasteiger partial charge is 0.234 e. The highest BCUT2D eigenvalue weighted by molar-refractivity contribution is 9.10. The summed E-state index contributed by atoms with van der Waals surface area (Å²) in [5.41, 5.74) is 3.72. The minimum absolute atomic E-state index is 0.417. The Morgan fingerprint density at radius 3 is 2.00 bits per heavy atom. The summed E-state index contributed by atoms with van der Waals surface area (Å²) < 4.78 is 0.899. The van der Waals surface area contributed by atoms with Crippen LogP contribution in [0.3, 0.4) is 0 Å². The first kappa shape index (κ1) is 11.4. The van der Waals surface area contributed by atoms with Gasteiger partial charge >= 0.3 is 0 Å². The zero-order valence-corrected chi connectivity index (χ0v) is 11.2. The van der Waals surface area contributed by atoms with Crippen molar-refractivity contribution < 1.29 is 9.59 Å². The van der Waals surface area contributed by atoms with E-state index in [1.165, 1.54) is 0 Å². The van der Waals surface area contributed by atoms with E-state index in [1.54, 1.807) is 18.2 Å². The van der Waals surface area contributed by atoms with Gasteiger partial charge in [0.15, 0.2) is 0 Å². The molecule has 0 bridgehead atoms. The number of carbonyl (C=O) groups excluding carboxylic acids is 2. The van der Waals surface area contributed by atoms with E-state index in [2.05, 4.69) is 15.9 Å². The first-order valence-electron chi connectivity index (χ1n) is 5.57. The maximum atomic E-state index is 12.0. The van der Waals surface area contributed by atoms with E-state index in [0.717, 1.165) is 21.1 Å². The molecule has 0 unspecified atom stereocenters. The number of Topliss-reactive ketones (excluding diaryl/α,β-unsaturated/α-hetero) is 2. The fraction of sp³-hybridized carbons (Fsp3) is 0. The number of hydrogen-bond acceptors (Lipinski definition) is 2. The van der Waals surface area contributed by atoms with Crippen molar-refractivity contribution >= 4 is 40.8 Å². The SMILES string of the molecule is Bc1ccc2c(c1)-c1cc(Br)ccc1C(=O)C2=O. The van der Waals surface area contributed by atoms with Crippen molar-refractivity contribution in [2.24, 2.45) is 0 Å². The number of benzene rings is 2. The minimum atomic E-state index is -0.422. The molecule has 0 aliphatic heterocycles. The fourth-order valence-corrected chi connectivity index (χ4v) is 2.62. The van der Waals surface area contributed by atoms with Gasteiger partial charge in [0.25, 0.3) is 0 Å². The summed E-state index contributed by atoms with van der Waals surface area (Å²) in [6.45, 7) is 0. The van der Waals surface area contributed by atoms with E-state index in [0.29, 0.717) is 11.1 Å². The summed E-state index contributed by atoms with van der Waals surface area (Å²) in [5.74, 6) is -0.839. The van der Waals surface area contributed by atoms with Gasteiger partial charge in [0.05, 0.1) is 0 Å². The zero-order chi connectivity index (χ0) is 12.9. The monoisotopic (exact) mass is 298 g/mol. The highest BCUT2D eigenvalue weighted by Crippen LogP contribution is 2.34. The van der Waals surface area contributed by atoms with Crippen LogP contribution in [0.15, 0.2) is 40.9 Å². The lowest BCUT2D eigenvalue weighted by Gasteiger charge is -2.18. The van der Waals surface area contributed by atoms with Gasteiger partial charge in [0.2, 0.25) is 11.6 Å². The molecule has 0 heterocycles. The van der Waals surface area contributed by atoms with E-state index >= 15 is 0 Å². The highest BCUT2D eigenvalue weighted by Gasteiger charge is 2.30. The Bertz CT molecular complexity index is 645. The van der Waals surface area contributed by atoms with Crippen LogP contribution in [0.5, 0.6) is 0 Å². The Hall–Kier alpha value is -1.68. The molecule has 0 saturated heterocycles. The van der Waals surface area contributed by atoms with Crippen LogP contribution in [-0.4, -0.2) is 19.4 Å². The third-order valence-electron chi connectivity index (χ3n) is 3.14. The van der Waals surface area contributed by atoms with Gasteiger partial charge in [0, 0.05) is 15.6 Å². The van der Waals surface area contributed by atoms with Crippen molar-refractivity contribution in [2.75, 3.05) is 0 Å². The average molecular weight is 299 g/mol. The van der Waals surface area contributed by atoms with Crippen molar-refractivity contribution in [2.45, 2.75) is 0 Å². The molecule has 4 heteroatoms. The van der Waals surface area contributed by atoms with Crippen LogP contribution in [0.2, 0.25) is 0 Å². The van der Waals surface area contributed by atoms with Gasteiger partial charge in [0.1, 0.15) is 7.85 Å². The summed E-state index contributed by atoms with van der Waals surface area (Å²) in [7, 11) is 1.97. The maximum Gasteiger partial charge on any atom is 0.234 e. The molecule has 0 spiro atoms. The van der Waals surface area contributed by atoms with E-state index in [4.69, 9.17) is 0 Å². The van der Waals surface area contributed by atoms with Crippen LogP contribution in [0.1, 0.15) is 20.7 Å². The van der Waals surface area contributed by atoms with E-state index in [9.17, 15) is 9.59 Å². The molecule has 0 N–H and O–H groups in total. The Balaban J connectivity index is 2.40. The van der Waals surface area contributed by atoms with Crippen LogP contribution in [0.25, 0.3) is 11.1 Å². The second-order valence-electron chi connectivity index (χ2n) is 4.40. The lowest BCUT2D eigenvalue weighted by Crippen LogP contribution is -2.22. The summed E-state index contributed by atoms with van der Waals surface area (Å²) in [6, 6.07) is 10.9. The van der Waals surface area contributed by atoms with Crippen molar-refractivity contribution in [1.82, 2.24) is 0 Å². The average Bonchev–Trinajstić information content (AvgIpc) is 2.36. The second-order valence-corrected chi connectivity index (χ2v) is 5.31. The Kier molecular flexibility index (Phi) is 2.49. The van der Waals surface area contributed by atoms with Crippen LogP contribution in [-0.2, 0) is 0 Å². The Morgan fingerprint density at radius 2 is 1.33 bits per heavy atom. The molecule has 2 aromatic carbocycles. The zero-order valence-electron chi connectivity index (χ0n) is 9.66. The van der Waals surface area contributed by atoms with Crippen LogP contribution in [0, 0.1) is 0 Å². The summed E-state index contributed by atoms with van der Waals surface area (Å²) in [5, 5.41) is 0. The standard InChI is InChI=1S/C14H8BBrO2/c15-7-1-3-9-11(5-7)12-6-8(16)2-4-10(12)14(18)13(9)17/h1-6H,15H2. The van der Waals surface area contributed by atoms with Gasteiger partial charge in [-0.1, -0.05) is 39.6 Å². The third kappa shape index (κ3) is 1.56. The van der Waals surface area contributed by atoms with Gasteiger partial charge in [-0.15, -0.1) is 0 Å². The minimum Gasteiger partial charge on any atom is -0.285 e. The molecule has 0 atom stereocenters. The molecule has 2 aromatic rings. The Labute approximate surface area is 114 Å². The molecule has 1 aliphatic carbocycles. The number of hydrogen-bond donors (Lipinski definition) is 0. The van der Waals surface area contributed by atoms with Gasteiger partial charge < -0.3 is 0 Å². The molecule has 0 amide bonds. The molecule has 18 heavy (non-hydrogen) atoms. The summed E-state index contributed by atoms with van der Waals surface area (Å²) in [4.78, 5) is 24.0. The molecule has 0 radical (unpaired) electrons. The number of carbonyl (C=O) groups is 2. The molecule has 0 aromatic heterocycles. The van der Waals surface area contributed by atoms with E-state index < -0.39 is 11.6 Å². The lowest BCUT2D eigenvalue weighted by molar-refractivity contribution is 0.0815. The molecule has 0 saturated carbocycles. The van der Waals surface area contributed by atoms with E-state index in [1.807, 2.05) is 26.0 Å². The first-order chi connectivity index (χ1) is 8.58. The topological polar surface area (TPSA) is 34.1 Å². The number of halogens is 1. The second kappa shape index (κ2) is 3.92. The molecule has 1 aliphatic rings. The van der Waals surface area contributed by atoms with Gasteiger partial charge in [-0.25, -0.2) is 0 Å². The predicted octanol–water partition coefficient (Wildman–Crippen LogP) is 1.75. The Morgan fingerprint density at radius 1 is 0.778 bits per heavy atom. The van der Waals surface area contributed by atoms with E-state index in [-0.39, 0.29) is 0 Å². The highest BCUT2D eigenvalue weighted by atomic mass is 79.9. The number of fused-ring (bicyclic) bond motifs is 3. The molecule has 86 valence electrons. The van der Waals surface area contributed by atoms with Crippen molar-refractivity contribution in [3.05, 3.63) is 52.0 Å². The fourth-order valence-electron chi connectivity index (χ4n) is 2.26. The molecular weight excluding hydrogens is 291 g/mol. The van der Waals surface area contributed by atoms with Crippen LogP contribution >= 0.6 is 15.9 Å². The number of rotatable bonds is 0. The van der Waals surface area contributed by atoms with Crippen molar-refractivity contribution in [3.8, 4) is 11.1 Å². The predicted molar refractivity (Wildman–Crippen MR) is 76.4 cm³/mol. The lowest BCUT2D eigenvalue weighted by atomic mass is 9.81. The van der Waals surface area contributed by atoms with Crippen LogP contribution in [0.4, 0.5) is 0 Å². The largest absolute Gasteiger partial charge is 0.285 e. The summed E-state index contributed by atoms with van der Waals surface area (Å²) in [6.07, 6.45) is 0. The molecule has 3 rings (SSSR count). The molecule has 2 nitrogen and oxygen atoms in total. The molecular formula is C14H8BBrO2. The van der Waals surface area contributed by atoms with Gasteiger partial charge in [-0.05, 0) is 29.3 Å². The van der Waals surface area contributed by atoms with Crippen molar-refractivity contribution in [3.63, 3.8) is 0 Å². The quantitative estimate of drug-likeness (QED) is 0.548. The first-order valence-corrected chi connectivity index (χ1v) is 6.37. The maximum absolute atomic E-state index is 12.0. The van der Waals surface area contributed by atoms with Gasteiger partial charge in [-0.2, -0.15) is 0 Å². The molecule has 0 fully saturated rings. The number of ketones is 2. The third-order valence-corrected chi connectivity index (χ3v) is 3.64. The normalized spacial score (nSPS) is 13.2. The van der Waals surface area contributed by atoms with Crippen molar-refractivity contribution in [1.29, 1.82) is 0 Å². The summed E-state index contributed by atoms with van der Waals surface area (Å²) >= 11 is 3.40. The van der Waals surface area contributed by atoms with Gasteiger partial charge in [-0.3, -0.25) is 9.59 Å².